The Hall–Kier alpha value is -3.50. The normalized spacial score (nSPS) is 37.9. The number of hydrogen-bond acceptors (Lipinski definition) is 9. The van der Waals surface area contributed by atoms with Crippen LogP contribution < -0.4 is 0 Å². The molecule has 1 saturated heterocycles. The smallest absolute Gasteiger partial charge is 0.338 e. The van der Waals surface area contributed by atoms with Gasteiger partial charge in [-0.1, -0.05) is 42.6 Å². The van der Waals surface area contributed by atoms with Crippen molar-refractivity contribution in [2.24, 2.45) is 35.0 Å². The number of esters is 3. The molecule has 0 aromatic heterocycles. The molecule has 2 heterocycles. The Bertz CT molecular complexity index is 1890. The molecular weight excluding hydrogens is 707 g/mol. The molecule has 6 aliphatic rings. The Morgan fingerprint density at radius 1 is 0.962 bits per heavy atom. The van der Waals surface area contributed by atoms with Gasteiger partial charge in [0.25, 0.3) is 0 Å². The standard InChI is InChI=1S/C41H42Cl2O9/c1-21-18-32(50-38(47)28(21)20-49-36(45)23-4-8-25(42)9-5-23)22(2)29-12-13-30-27-19-35-41(52-35)34(51-37(46)24-6-10-26(43)11-7-24)15-14-33(44)40(41,48)31(27)16-17-39(29,30)3/h4-11,14-15,22,27,29-32,34-35,48H,12-13,16-20H2,1-3H3/t22-,27-,29+,30-,31-,32+,34-,35+,39+,40+,41+/m0/s1. The van der Waals surface area contributed by atoms with Crippen molar-refractivity contribution in [1.82, 2.24) is 0 Å². The number of rotatable bonds is 7. The first-order valence-electron chi connectivity index (χ1n) is 18.2. The molecular formula is C41H42Cl2O9. The molecule has 2 aromatic carbocycles. The van der Waals surface area contributed by atoms with Gasteiger partial charge < -0.3 is 24.1 Å². The van der Waals surface area contributed by atoms with Crippen molar-refractivity contribution >= 4 is 46.9 Å². The number of benzene rings is 2. The summed E-state index contributed by atoms with van der Waals surface area (Å²) < 4.78 is 23.8. The molecule has 0 amide bonds. The summed E-state index contributed by atoms with van der Waals surface area (Å²) in [5.41, 5.74) is -1.31. The van der Waals surface area contributed by atoms with Crippen LogP contribution in [0.2, 0.25) is 10.0 Å². The number of ether oxygens (including phenoxy) is 4. The van der Waals surface area contributed by atoms with Crippen LogP contribution in [-0.2, 0) is 28.5 Å². The van der Waals surface area contributed by atoms with Crippen LogP contribution >= 0.6 is 23.2 Å². The fourth-order valence-electron chi connectivity index (χ4n) is 10.9. The Labute approximate surface area is 312 Å². The third-order valence-electron chi connectivity index (χ3n) is 13.6. The summed E-state index contributed by atoms with van der Waals surface area (Å²) in [6.45, 7) is 6.23. The van der Waals surface area contributed by atoms with E-state index in [9.17, 15) is 24.3 Å². The molecule has 11 heteroatoms. The molecule has 0 radical (unpaired) electrons. The predicted molar refractivity (Wildman–Crippen MR) is 191 cm³/mol. The van der Waals surface area contributed by atoms with Crippen molar-refractivity contribution in [3.8, 4) is 0 Å². The third-order valence-corrected chi connectivity index (χ3v) is 14.1. The van der Waals surface area contributed by atoms with Crippen LogP contribution in [0.5, 0.6) is 0 Å². The number of fused-ring (bicyclic) bond motifs is 4. The maximum absolute atomic E-state index is 13.7. The van der Waals surface area contributed by atoms with Gasteiger partial charge in [0.15, 0.2) is 23.1 Å². The minimum Gasteiger partial charge on any atom is -0.458 e. The van der Waals surface area contributed by atoms with E-state index in [0.29, 0.717) is 46.0 Å². The maximum Gasteiger partial charge on any atom is 0.338 e. The first-order valence-corrected chi connectivity index (χ1v) is 18.9. The highest BCUT2D eigenvalue weighted by Crippen LogP contribution is 2.71. The number of ketones is 1. The van der Waals surface area contributed by atoms with E-state index in [2.05, 4.69) is 13.8 Å². The van der Waals surface area contributed by atoms with Gasteiger partial charge in [0.1, 0.15) is 12.7 Å². The zero-order valence-electron chi connectivity index (χ0n) is 29.3. The monoisotopic (exact) mass is 748 g/mol. The van der Waals surface area contributed by atoms with Crippen LogP contribution in [0.15, 0.2) is 71.8 Å². The number of hydrogen-bond donors (Lipinski definition) is 1. The molecule has 3 saturated carbocycles. The number of epoxide rings is 1. The fraction of sp³-hybridized carbons (Fsp3) is 0.512. The first-order chi connectivity index (χ1) is 24.8. The van der Waals surface area contributed by atoms with Crippen LogP contribution in [0.4, 0.5) is 0 Å². The van der Waals surface area contributed by atoms with Crippen LogP contribution in [0.25, 0.3) is 0 Å². The van der Waals surface area contributed by atoms with Gasteiger partial charge >= 0.3 is 17.9 Å². The maximum atomic E-state index is 13.7. The Morgan fingerprint density at radius 2 is 1.62 bits per heavy atom. The first kappa shape index (κ1) is 35.5. The summed E-state index contributed by atoms with van der Waals surface area (Å²) in [6, 6.07) is 12.8. The lowest BCUT2D eigenvalue weighted by Gasteiger charge is -2.57. The zero-order chi connectivity index (χ0) is 36.7. The van der Waals surface area contributed by atoms with Gasteiger partial charge in [0.2, 0.25) is 0 Å². The van der Waals surface area contributed by atoms with E-state index in [4.69, 9.17) is 42.1 Å². The molecule has 1 N–H and O–H groups in total. The van der Waals surface area contributed by atoms with E-state index in [0.717, 1.165) is 24.8 Å². The highest BCUT2D eigenvalue weighted by atomic mass is 35.5. The van der Waals surface area contributed by atoms with Gasteiger partial charge in [-0.25, -0.2) is 14.4 Å². The number of cyclic esters (lactones) is 1. The molecule has 11 atom stereocenters. The summed E-state index contributed by atoms with van der Waals surface area (Å²) in [4.78, 5) is 52.8. The summed E-state index contributed by atoms with van der Waals surface area (Å²) >= 11 is 11.9. The molecule has 52 heavy (non-hydrogen) atoms. The van der Waals surface area contributed by atoms with Gasteiger partial charge in [0.05, 0.1) is 22.8 Å². The van der Waals surface area contributed by atoms with Crippen molar-refractivity contribution in [3.05, 3.63) is 93.0 Å². The van der Waals surface area contributed by atoms with E-state index in [1.807, 2.05) is 6.92 Å². The molecule has 274 valence electrons. The van der Waals surface area contributed by atoms with Gasteiger partial charge in [-0.05, 0) is 129 Å². The number of carbonyl (C=O) groups excluding carboxylic acids is 4. The van der Waals surface area contributed by atoms with Crippen LogP contribution in [0.1, 0.15) is 80.0 Å². The molecule has 1 spiro atoms. The Kier molecular flexibility index (Phi) is 8.76. The third kappa shape index (κ3) is 5.40. The predicted octanol–water partition coefficient (Wildman–Crippen LogP) is 7.11. The largest absolute Gasteiger partial charge is 0.458 e. The summed E-state index contributed by atoms with van der Waals surface area (Å²) in [6.07, 6.45) is 5.79. The second-order valence-corrected chi connectivity index (χ2v) is 16.8. The zero-order valence-corrected chi connectivity index (χ0v) is 30.8. The van der Waals surface area contributed by atoms with Crippen LogP contribution in [0, 0.1) is 35.0 Å². The average molecular weight is 750 g/mol. The van der Waals surface area contributed by atoms with Crippen molar-refractivity contribution in [3.63, 3.8) is 0 Å². The molecule has 4 aliphatic carbocycles. The van der Waals surface area contributed by atoms with Gasteiger partial charge in [-0.2, -0.15) is 0 Å². The van der Waals surface area contributed by atoms with Crippen molar-refractivity contribution in [1.29, 1.82) is 0 Å². The summed E-state index contributed by atoms with van der Waals surface area (Å²) in [5.74, 6) is -1.71. The van der Waals surface area contributed by atoms with Gasteiger partial charge in [0, 0.05) is 22.4 Å². The number of carbonyl (C=O) groups is 4. The van der Waals surface area contributed by atoms with Crippen LogP contribution in [-0.4, -0.2) is 64.9 Å². The SMILES string of the molecule is CC1=C(COC(=O)c2ccc(Cl)cc2)C(=O)O[C@@H]([C@@H](C)[C@H]2CC[C@H]3[C@@H]4C[C@H]5O[C@]56[C@@H](OC(=O)c5ccc(Cl)cc5)C=CC(=O)[C@]6(O)[C@H]4CC[C@]23C)C1. The van der Waals surface area contributed by atoms with E-state index < -0.39 is 41.3 Å². The highest BCUT2D eigenvalue weighted by Gasteiger charge is 2.83. The Balaban J connectivity index is 0.960. The molecule has 4 fully saturated rings. The topological polar surface area (TPSA) is 129 Å². The lowest BCUT2D eigenvalue weighted by molar-refractivity contribution is -0.183. The highest BCUT2D eigenvalue weighted by molar-refractivity contribution is 6.31. The Morgan fingerprint density at radius 3 is 2.27 bits per heavy atom. The fourth-order valence-corrected chi connectivity index (χ4v) is 11.2. The second kappa shape index (κ2) is 12.8. The minimum absolute atomic E-state index is 0.0436. The quantitative estimate of drug-likeness (QED) is 0.179. The minimum atomic E-state index is -1.81. The molecule has 2 aromatic rings. The van der Waals surface area contributed by atoms with Gasteiger partial charge in [-0.3, -0.25) is 4.79 Å². The number of aliphatic hydroxyl groups is 1. The summed E-state index contributed by atoms with van der Waals surface area (Å²) in [5, 5.41) is 13.5. The van der Waals surface area contributed by atoms with Crippen molar-refractivity contribution in [2.45, 2.75) is 88.8 Å². The van der Waals surface area contributed by atoms with Gasteiger partial charge in [-0.15, -0.1) is 0 Å². The van der Waals surface area contributed by atoms with Crippen LogP contribution in [0.3, 0.4) is 0 Å². The summed E-state index contributed by atoms with van der Waals surface area (Å²) in [7, 11) is 0. The molecule has 0 bridgehead atoms. The number of halogens is 2. The average Bonchev–Trinajstić information content (AvgIpc) is 3.75. The van der Waals surface area contributed by atoms with E-state index in [-0.39, 0.29) is 53.5 Å². The second-order valence-electron chi connectivity index (χ2n) is 15.9. The van der Waals surface area contributed by atoms with E-state index >= 15 is 0 Å². The lowest BCUT2D eigenvalue weighted by Crippen LogP contribution is -2.70. The lowest BCUT2D eigenvalue weighted by atomic mass is 9.47. The molecule has 8 rings (SSSR count). The van der Waals surface area contributed by atoms with Crippen molar-refractivity contribution < 1.29 is 43.2 Å². The molecule has 2 aliphatic heterocycles. The van der Waals surface area contributed by atoms with E-state index in [1.165, 1.54) is 6.08 Å². The van der Waals surface area contributed by atoms with E-state index in [1.54, 1.807) is 54.6 Å². The molecule has 0 unspecified atom stereocenters. The molecule has 9 nitrogen and oxygen atoms in total. The van der Waals surface area contributed by atoms with Crippen molar-refractivity contribution in [2.75, 3.05) is 6.61 Å².